The summed E-state index contributed by atoms with van der Waals surface area (Å²) in [6, 6.07) is 2.89. The summed E-state index contributed by atoms with van der Waals surface area (Å²) in [5, 5.41) is 8.32. The molecule has 0 bridgehead atoms. The van der Waals surface area contributed by atoms with Crippen LogP contribution in [-0.4, -0.2) is 39.6 Å². The lowest BCUT2D eigenvalue weighted by atomic mass is 10.3. The number of amides is 1. The number of aromatic amines is 1. The Hall–Kier alpha value is -2.20. The normalized spacial score (nSPS) is 12.2. The van der Waals surface area contributed by atoms with E-state index in [9.17, 15) is 18.4 Å². The summed E-state index contributed by atoms with van der Waals surface area (Å²) in [6.07, 6.45) is 0.616. The highest BCUT2D eigenvalue weighted by Crippen LogP contribution is 2.22. The molecule has 1 amide bonds. The fraction of sp³-hybridized carbons (Fsp3) is 0.400. The van der Waals surface area contributed by atoms with Crippen LogP contribution in [0.2, 0.25) is 0 Å². The van der Waals surface area contributed by atoms with Crippen molar-refractivity contribution in [1.29, 1.82) is 0 Å². The minimum Gasteiger partial charge on any atom is -0.385 e. The maximum Gasteiger partial charge on any atom is 0.343 e. The average molecular weight is 372 g/mol. The van der Waals surface area contributed by atoms with Crippen molar-refractivity contribution in [1.82, 2.24) is 14.8 Å². The van der Waals surface area contributed by atoms with Gasteiger partial charge in [-0.3, -0.25) is 9.36 Å². The number of rotatable bonds is 8. The van der Waals surface area contributed by atoms with E-state index in [1.54, 1.807) is 14.0 Å². The van der Waals surface area contributed by atoms with Gasteiger partial charge in [0, 0.05) is 26.3 Å². The predicted octanol–water partition coefficient (Wildman–Crippen LogP) is 2.01. The molecule has 2 aromatic rings. The number of benzene rings is 1. The van der Waals surface area contributed by atoms with E-state index in [2.05, 4.69) is 15.5 Å². The molecule has 0 spiro atoms. The van der Waals surface area contributed by atoms with Crippen molar-refractivity contribution in [3.05, 3.63) is 40.3 Å². The quantitative estimate of drug-likeness (QED) is 0.547. The molecule has 0 fully saturated rings. The number of carbonyl (C=O) groups excluding carboxylic acids is 1. The number of ether oxygens (including phenoxy) is 1. The second-order valence-electron chi connectivity index (χ2n) is 5.18. The van der Waals surface area contributed by atoms with Crippen LogP contribution in [0.4, 0.5) is 14.5 Å². The number of anilines is 1. The van der Waals surface area contributed by atoms with Gasteiger partial charge in [0.15, 0.2) is 5.16 Å². The molecule has 10 heteroatoms. The van der Waals surface area contributed by atoms with E-state index >= 15 is 0 Å². The lowest BCUT2D eigenvalue weighted by Crippen LogP contribution is -2.24. The van der Waals surface area contributed by atoms with Crippen molar-refractivity contribution in [3.63, 3.8) is 0 Å². The number of thioether (sulfide) groups is 1. The highest BCUT2D eigenvalue weighted by atomic mass is 32.2. The zero-order valence-electron chi connectivity index (χ0n) is 13.7. The van der Waals surface area contributed by atoms with Crippen molar-refractivity contribution in [3.8, 4) is 0 Å². The van der Waals surface area contributed by atoms with Crippen LogP contribution in [0, 0.1) is 11.6 Å². The molecule has 0 aliphatic heterocycles. The van der Waals surface area contributed by atoms with Crippen LogP contribution in [0.1, 0.15) is 13.3 Å². The van der Waals surface area contributed by atoms with Gasteiger partial charge in [-0.1, -0.05) is 11.8 Å². The molecular formula is C15H18F2N4O3S. The van der Waals surface area contributed by atoms with E-state index in [-0.39, 0.29) is 11.4 Å². The molecule has 0 saturated carbocycles. The number of nitrogens with one attached hydrogen (secondary N) is 2. The lowest BCUT2D eigenvalue weighted by Gasteiger charge is -2.12. The number of aromatic nitrogens is 3. The third-order valence-electron chi connectivity index (χ3n) is 3.29. The first-order valence-electron chi connectivity index (χ1n) is 7.49. The summed E-state index contributed by atoms with van der Waals surface area (Å²) in [6.45, 7) is 2.48. The number of carbonyl (C=O) groups is 1. The van der Waals surface area contributed by atoms with Gasteiger partial charge in [-0.2, -0.15) is 0 Å². The standard InChI is InChI=1S/C15H18F2N4O3S/c1-9(13(22)18-12-5-4-10(16)8-11(12)17)25-15-20-19-14(23)21(15)6-3-7-24-2/h4-5,8-9H,3,6-7H2,1-2H3,(H,18,22)(H,19,23). The first-order chi connectivity index (χ1) is 11.9. The predicted molar refractivity (Wildman–Crippen MR) is 89.6 cm³/mol. The van der Waals surface area contributed by atoms with Gasteiger partial charge < -0.3 is 10.1 Å². The molecule has 1 unspecified atom stereocenters. The molecule has 7 nitrogen and oxygen atoms in total. The SMILES string of the molecule is COCCCn1c(SC(C)C(=O)Nc2ccc(F)cc2F)n[nH]c1=O. The van der Waals surface area contributed by atoms with Gasteiger partial charge in [-0.05, 0) is 25.5 Å². The van der Waals surface area contributed by atoms with E-state index < -0.39 is 22.8 Å². The Kier molecular flexibility index (Phi) is 6.71. The largest absolute Gasteiger partial charge is 0.385 e. The van der Waals surface area contributed by atoms with Crippen LogP contribution in [0.25, 0.3) is 0 Å². The third kappa shape index (κ3) is 5.13. The van der Waals surface area contributed by atoms with Gasteiger partial charge in [0.05, 0.1) is 10.9 Å². The molecule has 0 saturated heterocycles. The van der Waals surface area contributed by atoms with Crippen molar-refractivity contribution in [2.75, 3.05) is 19.0 Å². The van der Waals surface area contributed by atoms with E-state index in [0.717, 1.165) is 23.9 Å². The Morgan fingerprint density at radius 2 is 2.24 bits per heavy atom. The van der Waals surface area contributed by atoms with Crippen molar-refractivity contribution < 1.29 is 18.3 Å². The van der Waals surface area contributed by atoms with Crippen LogP contribution in [0.3, 0.4) is 0 Å². The van der Waals surface area contributed by atoms with Gasteiger partial charge in [0.25, 0.3) is 0 Å². The second kappa shape index (κ2) is 8.77. The average Bonchev–Trinajstić information content (AvgIpc) is 2.90. The highest BCUT2D eigenvalue weighted by Gasteiger charge is 2.20. The number of halogens is 2. The van der Waals surface area contributed by atoms with Crippen molar-refractivity contribution >= 4 is 23.4 Å². The Bertz CT molecular complexity index is 793. The summed E-state index contributed by atoms with van der Waals surface area (Å²) >= 11 is 1.06. The van der Waals surface area contributed by atoms with Crippen LogP contribution < -0.4 is 11.0 Å². The Balaban J connectivity index is 2.02. The lowest BCUT2D eigenvalue weighted by molar-refractivity contribution is -0.115. The van der Waals surface area contributed by atoms with E-state index in [0.29, 0.717) is 30.8 Å². The molecule has 25 heavy (non-hydrogen) atoms. The van der Waals surface area contributed by atoms with Gasteiger partial charge in [0.1, 0.15) is 11.6 Å². The smallest absolute Gasteiger partial charge is 0.343 e. The van der Waals surface area contributed by atoms with Crippen molar-refractivity contribution in [2.24, 2.45) is 0 Å². The van der Waals surface area contributed by atoms with Crippen LogP contribution in [-0.2, 0) is 16.1 Å². The number of nitrogens with zero attached hydrogens (tertiary/aromatic N) is 2. The molecule has 2 rings (SSSR count). The molecule has 1 heterocycles. The maximum atomic E-state index is 13.6. The number of hydrogen-bond acceptors (Lipinski definition) is 5. The molecular weight excluding hydrogens is 354 g/mol. The minimum absolute atomic E-state index is 0.113. The summed E-state index contributed by atoms with van der Waals surface area (Å²) < 4.78 is 32.9. The molecule has 136 valence electrons. The maximum absolute atomic E-state index is 13.6. The molecule has 0 aliphatic carbocycles. The van der Waals surface area contributed by atoms with Crippen LogP contribution in [0.15, 0.2) is 28.2 Å². The van der Waals surface area contributed by atoms with Gasteiger partial charge in [-0.25, -0.2) is 18.7 Å². The Labute approximate surface area is 146 Å². The summed E-state index contributed by atoms with van der Waals surface area (Å²) in [4.78, 5) is 24.0. The Morgan fingerprint density at radius 1 is 1.48 bits per heavy atom. The van der Waals surface area contributed by atoms with Gasteiger partial charge in [0.2, 0.25) is 5.91 Å². The second-order valence-corrected chi connectivity index (χ2v) is 6.49. The Morgan fingerprint density at radius 3 is 2.92 bits per heavy atom. The molecule has 1 aromatic heterocycles. The molecule has 1 atom stereocenters. The van der Waals surface area contributed by atoms with Crippen LogP contribution in [0.5, 0.6) is 0 Å². The molecule has 0 radical (unpaired) electrons. The van der Waals surface area contributed by atoms with E-state index in [1.807, 2.05) is 0 Å². The monoisotopic (exact) mass is 372 g/mol. The van der Waals surface area contributed by atoms with Crippen LogP contribution >= 0.6 is 11.8 Å². The summed E-state index contributed by atoms with van der Waals surface area (Å²) in [7, 11) is 1.56. The number of methoxy groups -OCH3 is 1. The fourth-order valence-electron chi connectivity index (χ4n) is 1.99. The zero-order chi connectivity index (χ0) is 18.4. The first kappa shape index (κ1) is 19.1. The van der Waals surface area contributed by atoms with E-state index in [4.69, 9.17) is 4.74 Å². The number of hydrogen-bond donors (Lipinski definition) is 2. The summed E-state index contributed by atoms with van der Waals surface area (Å²) in [5.74, 6) is -2.08. The third-order valence-corrected chi connectivity index (χ3v) is 4.38. The highest BCUT2D eigenvalue weighted by molar-refractivity contribution is 8.00. The number of H-pyrrole nitrogens is 1. The molecule has 1 aromatic carbocycles. The van der Waals surface area contributed by atoms with E-state index in [1.165, 1.54) is 4.57 Å². The molecule has 2 N–H and O–H groups in total. The first-order valence-corrected chi connectivity index (χ1v) is 8.37. The fourth-order valence-corrected chi connectivity index (χ4v) is 2.88. The zero-order valence-corrected chi connectivity index (χ0v) is 14.5. The minimum atomic E-state index is -0.859. The topological polar surface area (TPSA) is 89.0 Å². The molecule has 0 aliphatic rings. The van der Waals surface area contributed by atoms with Crippen molar-refractivity contribution in [2.45, 2.75) is 30.3 Å². The summed E-state index contributed by atoms with van der Waals surface area (Å²) in [5.41, 5.74) is -0.492. The van der Waals surface area contributed by atoms with Gasteiger partial charge in [-0.15, -0.1) is 5.10 Å². The van der Waals surface area contributed by atoms with Gasteiger partial charge >= 0.3 is 5.69 Å².